The Bertz CT molecular complexity index is 1140. The molecule has 1 saturated heterocycles. The third kappa shape index (κ3) is 5.27. The standard InChI is InChI=1S/C23H22ClN3O6/c1-31-22-13-16(4-6-21(22)33-20-7-5-17(24)14-19(20)27(29)30)23(28)26-10-8-25(9-11-26)15-18-3-2-12-32-18/h2-7,12-14H,8-11,15H2,1H3. The topological polar surface area (TPSA) is 98.3 Å². The van der Waals surface area contributed by atoms with Crippen LogP contribution < -0.4 is 9.47 Å². The normalized spacial score (nSPS) is 14.2. The molecule has 0 radical (unpaired) electrons. The van der Waals surface area contributed by atoms with Crippen LogP contribution in [0.2, 0.25) is 5.02 Å². The molecule has 2 aromatic carbocycles. The minimum Gasteiger partial charge on any atom is -0.493 e. The van der Waals surface area contributed by atoms with Crippen molar-refractivity contribution in [2.24, 2.45) is 0 Å². The highest BCUT2D eigenvalue weighted by Crippen LogP contribution is 2.38. The summed E-state index contributed by atoms with van der Waals surface area (Å²) < 4.78 is 16.5. The molecule has 1 aromatic heterocycles. The average molecular weight is 472 g/mol. The van der Waals surface area contributed by atoms with E-state index >= 15 is 0 Å². The van der Waals surface area contributed by atoms with Gasteiger partial charge in [0, 0.05) is 42.8 Å². The van der Waals surface area contributed by atoms with Gasteiger partial charge in [-0.1, -0.05) is 11.6 Å². The van der Waals surface area contributed by atoms with Crippen molar-refractivity contribution in [2.45, 2.75) is 6.54 Å². The van der Waals surface area contributed by atoms with Crippen molar-refractivity contribution in [1.82, 2.24) is 9.80 Å². The lowest BCUT2D eigenvalue weighted by molar-refractivity contribution is -0.385. The zero-order valence-electron chi connectivity index (χ0n) is 17.9. The fraction of sp³-hybridized carbons (Fsp3) is 0.261. The number of carbonyl (C=O) groups is 1. The van der Waals surface area contributed by atoms with E-state index in [4.69, 9.17) is 25.5 Å². The highest BCUT2D eigenvalue weighted by Gasteiger charge is 2.24. The molecule has 0 aliphatic carbocycles. The molecule has 0 saturated carbocycles. The lowest BCUT2D eigenvalue weighted by Gasteiger charge is -2.34. The Labute approximate surface area is 195 Å². The van der Waals surface area contributed by atoms with Gasteiger partial charge in [0.05, 0.1) is 24.8 Å². The number of methoxy groups -OCH3 is 1. The van der Waals surface area contributed by atoms with E-state index < -0.39 is 4.92 Å². The monoisotopic (exact) mass is 471 g/mol. The largest absolute Gasteiger partial charge is 0.493 e. The molecule has 1 amide bonds. The van der Waals surface area contributed by atoms with E-state index in [-0.39, 0.29) is 28.1 Å². The maximum atomic E-state index is 13.0. The number of benzene rings is 2. The molecule has 0 atom stereocenters. The maximum Gasteiger partial charge on any atom is 0.313 e. The van der Waals surface area contributed by atoms with Crippen LogP contribution >= 0.6 is 11.6 Å². The summed E-state index contributed by atoms with van der Waals surface area (Å²) in [6.45, 7) is 3.38. The summed E-state index contributed by atoms with van der Waals surface area (Å²) in [6, 6.07) is 12.7. The first-order valence-electron chi connectivity index (χ1n) is 10.3. The van der Waals surface area contributed by atoms with Gasteiger partial charge >= 0.3 is 5.69 Å². The number of amides is 1. The molecule has 1 fully saturated rings. The number of piperazine rings is 1. The van der Waals surface area contributed by atoms with Gasteiger partial charge in [0.15, 0.2) is 11.5 Å². The van der Waals surface area contributed by atoms with Gasteiger partial charge in [-0.3, -0.25) is 19.8 Å². The second-order valence-corrected chi connectivity index (χ2v) is 7.92. The molecule has 33 heavy (non-hydrogen) atoms. The summed E-state index contributed by atoms with van der Waals surface area (Å²) in [6.07, 6.45) is 1.65. The summed E-state index contributed by atoms with van der Waals surface area (Å²) in [5.74, 6) is 1.35. The molecular weight excluding hydrogens is 450 g/mol. The van der Waals surface area contributed by atoms with Crippen molar-refractivity contribution >= 4 is 23.2 Å². The second-order valence-electron chi connectivity index (χ2n) is 7.48. The second kappa shape index (κ2) is 9.93. The smallest absolute Gasteiger partial charge is 0.313 e. The van der Waals surface area contributed by atoms with E-state index in [1.165, 1.54) is 25.3 Å². The molecule has 0 spiro atoms. The third-order valence-corrected chi connectivity index (χ3v) is 5.60. The lowest BCUT2D eigenvalue weighted by atomic mass is 10.1. The van der Waals surface area contributed by atoms with Crippen molar-refractivity contribution in [2.75, 3.05) is 33.3 Å². The Morgan fingerprint density at radius 2 is 1.85 bits per heavy atom. The molecule has 0 N–H and O–H groups in total. The molecular formula is C23H22ClN3O6. The first-order chi connectivity index (χ1) is 15.9. The van der Waals surface area contributed by atoms with Crippen LogP contribution in [-0.4, -0.2) is 53.9 Å². The minimum atomic E-state index is -0.572. The Morgan fingerprint density at radius 1 is 1.09 bits per heavy atom. The minimum absolute atomic E-state index is 0.0226. The quantitative estimate of drug-likeness (QED) is 0.367. The number of halogens is 1. The number of hydrogen-bond donors (Lipinski definition) is 0. The first-order valence-corrected chi connectivity index (χ1v) is 10.7. The Hall–Kier alpha value is -3.56. The fourth-order valence-electron chi connectivity index (χ4n) is 3.64. The van der Waals surface area contributed by atoms with Crippen LogP contribution in [0.5, 0.6) is 17.2 Å². The van der Waals surface area contributed by atoms with Crippen LogP contribution in [0, 0.1) is 10.1 Å². The number of furan rings is 1. The summed E-state index contributed by atoms with van der Waals surface area (Å²) in [4.78, 5) is 27.8. The van der Waals surface area contributed by atoms with Crippen LogP contribution in [0.4, 0.5) is 5.69 Å². The summed E-state index contributed by atoms with van der Waals surface area (Å²) in [7, 11) is 1.44. The van der Waals surface area contributed by atoms with E-state index in [0.29, 0.717) is 30.9 Å². The lowest BCUT2D eigenvalue weighted by Crippen LogP contribution is -2.48. The van der Waals surface area contributed by atoms with Crippen molar-refractivity contribution < 1.29 is 23.6 Å². The van der Waals surface area contributed by atoms with E-state index in [1.807, 2.05) is 12.1 Å². The highest BCUT2D eigenvalue weighted by molar-refractivity contribution is 6.30. The summed E-state index contributed by atoms with van der Waals surface area (Å²) in [5.41, 5.74) is 0.182. The SMILES string of the molecule is COc1cc(C(=O)N2CCN(Cc3ccco3)CC2)ccc1Oc1ccc(Cl)cc1[N+](=O)[O-]. The zero-order valence-corrected chi connectivity index (χ0v) is 18.7. The van der Waals surface area contributed by atoms with Gasteiger partial charge in [0.1, 0.15) is 5.76 Å². The summed E-state index contributed by atoms with van der Waals surface area (Å²) in [5, 5.41) is 11.6. The number of nitro benzene ring substituents is 1. The number of ether oxygens (including phenoxy) is 2. The van der Waals surface area contributed by atoms with E-state index in [1.54, 1.807) is 29.4 Å². The Morgan fingerprint density at radius 3 is 2.52 bits per heavy atom. The van der Waals surface area contributed by atoms with Gasteiger partial charge < -0.3 is 18.8 Å². The molecule has 9 nitrogen and oxygen atoms in total. The molecule has 0 bridgehead atoms. The number of carbonyl (C=O) groups excluding carboxylic acids is 1. The van der Waals surface area contributed by atoms with E-state index in [0.717, 1.165) is 18.8 Å². The third-order valence-electron chi connectivity index (χ3n) is 5.37. The number of hydrogen-bond acceptors (Lipinski definition) is 7. The zero-order chi connectivity index (χ0) is 23.4. The number of nitrogens with zero attached hydrogens (tertiary/aromatic N) is 3. The van der Waals surface area contributed by atoms with Crippen LogP contribution in [0.15, 0.2) is 59.2 Å². The van der Waals surface area contributed by atoms with Crippen LogP contribution in [0.25, 0.3) is 0 Å². The molecule has 3 aromatic rings. The van der Waals surface area contributed by atoms with Crippen molar-refractivity contribution in [1.29, 1.82) is 0 Å². The molecule has 1 aliphatic rings. The predicted octanol–water partition coefficient (Wildman–Crippen LogP) is 4.60. The predicted molar refractivity (Wildman–Crippen MR) is 121 cm³/mol. The molecule has 2 heterocycles. The Balaban J connectivity index is 1.45. The fourth-order valence-corrected chi connectivity index (χ4v) is 3.80. The van der Waals surface area contributed by atoms with Gasteiger partial charge in [0.2, 0.25) is 5.75 Å². The molecule has 0 unspecified atom stereocenters. The molecule has 10 heteroatoms. The molecule has 4 rings (SSSR count). The number of rotatable bonds is 7. The average Bonchev–Trinajstić information content (AvgIpc) is 3.33. The van der Waals surface area contributed by atoms with Gasteiger partial charge in [-0.05, 0) is 42.5 Å². The first kappa shape index (κ1) is 22.6. The molecule has 1 aliphatic heterocycles. The van der Waals surface area contributed by atoms with Gasteiger partial charge in [-0.25, -0.2) is 0 Å². The maximum absolute atomic E-state index is 13.0. The van der Waals surface area contributed by atoms with Crippen molar-refractivity contribution in [3.63, 3.8) is 0 Å². The van der Waals surface area contributed by atoms with Crippen molar-refractivity contribution in [3.8, 4) is 17.2 Å². The van der Waals surface area contributed by atoms with Gasteiger partial charge in [0.25, 0.3) is 5.91 Å². The highest BCUT2D eigenvalue weighted by atomic mass is 35.5. The van der Waals surface area contributed by atoms with Crippen LogP contribution in [-0.2, 0) is 6.54 Å². The van der Waals surface area contributed by atoms with E-state index in [2.05, 4.69) is 4.90 Å². The molecule has 172 valence electrons. The summed E-state index contributed by atoms with van der Waals surface area (Å²) >= 11 is 5.86. The van der Waals surface area contributed by atoms with E-state index in [9.17, 15) is 14.9 Å². The van der Waals surface area contributed by atoms with Crippen LogP contribution in [0.3, 0.4) is 0 Å². The van der Waals surface area contributed by atoms with Gasteiger partial charge in [-0.2, -0.15) is 0 Å². The van der Waals surface area contributed by atoms with Crippen molar-refractivity contribution in [3.05, 3.63) is 81.3 Å². The van der Waals surface area contributed by atoms with Crippen LogP contribution in [0.1, 0.15) is 16.1 Å². The van der Waals surface area contributed by atoms with Gasteiger partial charge in [-0.15, -0.1) is 0 Å². The number of nitro groups is 1. The Kier molecular flexibility index (Phi) is 6.81.